The number of phenolic OH excluding ortho intramolecular Hbond substituents is 1. The summed E-state index contributed by atoms with van der Waals surface area (Å²) in [5.74, 6) is 0.216. The molecule has 3 nitrogen and oxygen atoms in total. The van der Waals surface area contributed by atoms with Crippen molar-refractivity contribution in [2.45, 2.75) is 20.0 Å². The molecule has 0 unspecified atom stereocenters. The highest BCUT2D eigenvalue weighted by Crippen LogP contribution is 2.24. The summed E-state index contributed by atoms with van der Waals surface area (Å²) in [5.41, 5.74) is 2.87. The molecular weight excluding hydrogens is 248 g/mol. The zero-order chi connectivity index (χ0) is 13.0. The molecule has 0 atom stereocenters. The van der Waals surface area contributed by atoms with Gasteiger partial charge in [-0.3, -0.25) is 4.98 Å². The lowest BCUT2D eigenvalue weighted by Crippen LogP contribution is -2.15. The molecule has 0 fully saturated rings. The molecule has 2 N–H and O–H groups in total. The van der Waals surface area contributed by atoms with Gasteiger partial charge in [0.1, 0.15) is 5.75 Å². The lowest BCUT2D eigenvalue weighted by molar-refractivity contribution is 0.464. The Bertz CT molecular complexity index is 523. The van der Waals surface area contributed by atoms with Crippen LogP contribution < -0.4 is 5.32 Å². The molecule has 0 bridgehead atoms. The zero-order valence-electron chi connectivity index (χ0n) is 10.2. The summed E-state index contributed by atoms with van der Waals surface area (Å²) in [4.78, 5) is 4.30. The minimum atomic E-state index is 0.216. The minimum absolute atomic E-state index is 0.216. The van der Waals surface area contributed by atoms with Crippen molar-refractivity contribution in [2.75, 3.05) is 0 Å². The molecular formula is C14H15ClN2O. The highest BCUT2D eigenvalue weighted by Gasteiger charge is 2.06. The number of phenols is 1. The van der Waals surface area contributed by atoms with Gasteiger partial charge in [-0.05, 0) is 30.7 Å². The summed E-state index contributed by atoms with van der Waals surface area (Å²) in [6, 6.07) is 9.07. The largest absolute Gasteiger partial charge is 0.508 e. The monoisotopic (exact) mass is 262 g/mol. The van der Waals surface area contributed by atoms with Crippen LogP contribution in [0, 0.1) is 6.92 Å². The van der Waals surface area contributed by atoms with Crippen molar-refractivity contribution in [3.63, 3.8) is 0 Å². The molecule has 0 aliphatic carbocycles. The number of hydrogen-bond acceptors (Lipinski definition) is 3. The Labute approximate surface area is 111 Å². The Balaban J connectivity index is 1.99. The van der Waals surface area contributed by atoms with Crippen molar-refractivity contribution in [3.8, 4) is 5.75 Å². The second-order valence-electron chi connectivity index (χ2n) is 4.11. The fourth-order valence-corrected chi connectivity index (χ4v) is 1.97. The van der Waals surface area contributed by atoms with Crippen LogP contribution in [-0.2, 0) is 13.1 Å². The first-order chi connectivity index (χ1) is 8.68. The van der Waals surface area contributed by atoms with E-state index in [1.807, 2.05) is 19.1 Å². The van der Waals surface area contributed by atoms with Crippen molar-refractivity contribution in [1.82, 2.24) is 10.3 Å². The highest BCUT2D eigenvalue weighted by molar-refractivity contribution is 6.31. The summed E-state index contributed by atoms with van der Waals surface area (Å²) in [6.45, 7) is 3.19. The van der Waals surface area contributed by atoms with Crippen LogP contribution >= 0.6 is 11.6 Å². The second kappa shape index (κ2) is 5.85. The Morgan fingerprint density at radius 3 is 2.78 bits per heavy atom. The van der Waals surface area contributed by atoms with Gasteiger partial charge in [-0.1, -0.05) is 23.7 Å². The maximum atomic E-state index is 9.70. The maximum Gasteiger partial charge on any atom is 0.121 e. The second-order valence-corrected chi connectivity index (χ2v) is 4.52. The van der Waals surface area contributed by atoms with E-state index >= 15 is 0 Å². The van der Waals surface area contributed by atoms with Crippen LogP contribution in [0.15, 0.2) is 36.5 Å². The average Bonchev–Trinajstić information content (AvgIpc) is 2.35. The molecule has 94 valence electrons. The molecule has 0 saturated heterocycles. The van der Waals surface area contributed by atoms with Crippen LogP contribution in [0.2, 0.25) is 5.02 Å². The van der Waals surface area contributed by atoms with E-state index < -0.39 is 0 Å². The van der Waals surface area contributed by atoms with Gasteiger partial charge in [-0.15, -0.1) is 0 Å². The molecule has 2 aromatic rings. The molecule has 1 heterocycles. The van der Waals surface area contributed by atoms with E-state index in [1.165, 1.54) is 0 Å². The topological polar surface area (TPSA) is 45.2 Å². The molecule has 0 aliphatic rings. The molecule has 0 radical (unpaired) electrons. The van der Waals surface area contributed by atoms with Crippen LogP contribution in [0.25, 0.3) is 0 Å². The first kappa shape index (κ1) is 12.9. The Morgan fingerprint density at radius 2 is 2.06 bits per heavy atom. The molecule has 0 amide bonds. The average molecular weight is 263 g/mol. The number of nitrogens with zero attached hydrogens (tertiary/aromatic N) is 1. The molecule has 4 heteroatoms. The summed E-state index contributed by atoms with van der Waals surface area (Å²) in [7, 11) is 0. The predicted molar refractivity (Wildman–Crippen MR) is 72.6 cm³/mol. The number of pyridine rings is 1. The predicted octanol–water partition coefficient (Wildman–Crippen LogP) is 3.04. The van der Waals surface area contributed by atoms with E-state index in [9.17, 15) is 5.11 Å². The first-order valence-electron chi connectivity index (χ1n) is 5.76. The molecule has 0 aliphatic heterocycles. The Morgan fingerprint density at radius 1 is 1.22 bits per heavy atom. The van der Waals surface area contributed by atoms with Gasteiger partial charge in [-0.25, -0.2) is 0 Å². The van der Waals surface area contributed by atoms with Gasteiger partial charge < -0.3 is 10.4 Å². The fourth-order valence-electron chi connectivity index (χ4n) is 1.73. The van der Waals surface area contributed by atoms with Gasteiger partial charge in [-0.2, -0.15) is 0 Å². The number of aryl methyl sites for hydroxylation is 1. The van der Waals surface area contributed by atoms with Crippen LogP contribution in [0.4, 0.5) is 0 Å². The SMILES string of the molecule is Cc1cccnc1CNCc1c(O)cccc1Cl. The van der Waals surface area contributed by atoms with E-state index in [4.69, 9.17) is 11.6 Å². The van der Waals surface area contributed by atoms with Gasteiger partial charge in [0.15, 0.2) is 0 Å². The Kier molecular flexibility index (Phi) is 4.18. The van der Waals surface area contributed by atoms with E-state index in [2.05, 4.69) is 10.3 Å². The highest BCUT2D eigenvalue weighted by atomic mass is 35.5. The molecule has 1 aromatic carbocycles. The van der Waals surface area contributed by atoms with E-state index in [0.29, 0.717) is 23.7 Å². The third kappa shape index (κ3) is 3.00. The lowest BCUT2D eigenvalue weighted by atomic mass is 10.2. The van der Waals surface area contributed by atoms with Gasteiger partial charge in [0.25, 0.3) is 0 Å². The number of rotatable bonds is 4. The summed E-state index contributed by atoms with van der Waals surface area (Å²) in [5, 5.41) is 13.5. The minimum Gasteiger partial charge on any atom is -0.508 e. The van der Waals surface area contributed by atoms with Crippen molar-refractivity contribution in [3.05, 3.63) is 58.4 Å². The number of benzene rings is 1. The van der Waals surface area contributed by atoms with Crippen LogP contribution in [-0.4, -0.2) is 10.1 Å². The number of aromatic hydroxyl groups is 1. The Hall–Kier alpha value is -1.58. The summed E-state index contributed by atoms with van der Waals surface area (Å²) >= 11 is 6.03. The fraction of sp³-hybridized carbons (Fsp3) is 0.214. The van der Waals surface area contributed by atoms with Gasteiger partial charge in [0.2, 0.25) is 0 Å². The number of nitrogens with one attached hydrogen (secondary N) is 1. The number of hydrogen-bond donors (Lipinski definition) is 2. The molecule has 2 rings (SSSR count). The summed E-state index contributed by atoms with van der Waals surface area (Å²) < 4.78 is 0. The van der Waals surface area contributed by atoms with Crippen LogP contribution in [0.3, 0.4) is 0 Å². The smallest absolute Gasteiger partial charge is 0.121 e. The van der Waals surface area contributed by atoms with Crippen LogP contribution in [0.1, 0.15) is 16.8 Å². The normalized spacial score (nSPS) is 10.6. The van der Waals surface area contributed by atoms with E-state index in [1.54, 1.807) is 24.4 Å². The standard InChI is InChI=1S/C14H15ClN2O/c1-10-4-3-7-17-13(10)9-16-8-11-12(15)5-2-6-14(11)18/h2-7,16,18H,8-9H2,1H3. The van der Waals surface area contributed by atoms with Gasteiger partial charge in [0.05, 0.1) is 5.69 Å². The number of halogens is 1. The quantitative estimate of drug-likeness (QED) is 0.890. The van der Waals surface area contributed by atoms with Crippen molar-refractivity contribution in [2.24, 2.45) is 0 Å². The third-order valence-electron chi connectivity index (χ3n) is 2.81. The van der Waals surface area contributed by atoms with Crippen molar-refractivity contribution < 1.29 is 5.11 Å². The van der Waals surface area contributed by atoms with Gasteiger partial charge >= 0.3 is 0 Å². The third-order valence-corrected chi connectivity index (χ3v) is 3.16. The molecule has 0 spiro atoms. The lowest BCUT2D eigenvalue weighted by Gasteiger charge is -2.09. The van der Waals surface area contributed by atoms with Crippen molar-refractivity contribution in [1.29, 1.82) is 0 Å². The van der Waals surface area contributed by atoms with E-state index in [-0.39, 0.29) is 5.75 Å². The van der Waals surface area contributed by atoms with Crippen LogP contribution in [0.5, 0.6) is 5.75 Å². The van der Waals surface area contributed by atoms with Crippen molar-refractivity contribution >= 4 is 11.6 Å². The molecule has 1 aromatic heterocycles. The molecule has 0 saturated carbocycles. The number of aromatic nitrogens is 1. The van der Waals surface area contributed by atoms with E-state index in [0.717, 1.165) is 11.3 Å². The summed E-state index contributed by atoms with van der Waals surface area (Å²) in [6.07, 6.45) is 1.77. The maximum absolute atomic E-state index is 9.70. The first-order valence-corrected chi connectivity index (χ1v) is 6.14. The molecule has 18 heavy (non-hydrogen) atoms. The zero-order valence-corrected chi connectivity index (χ0v) is 10.9. The van der Waals surface area contributed by atoms with Gasteiger partial charge in [0, 0.05) is 29.9 Å².